The SMILES string of the molecule is C=C(CCC(CCC)c1ccccc1)NC(C)C.C=C[NH-].[Rf]. The fraction of sp³-hybridized carbons (Fsp3) is 0.474. The zero-order valence-electron chi connectivity index (χ0n) is 14.6. The van der Waals surface area contributed by atoms with E-state index in [1.165, 1.54) is 30.5 Å². The quantitative estimate of drug-likeness (QED) is 0.418. The summed E-state index contributed by atoms with van der Waals surface area (Å²) in [6, 6.07) is 11.3. The van der Waals surface area contributed by atoms with E-state index in [-0.39, 0.29) is 0 Å². The van der Waals surface area contributed by atoms with Crippen molar-refractivity contribution < 1.29 is 0 Å². The van der Waals surface area contributed by atoms with Crippen LogP contribution in [0.15, 0.2) is 55.4 Å². The van der Waals surface area contributed by atoms with E-state index < -0.39 is 0 Å². The number of hydrogen-bond acceptors (Lipinski definition) is 1. The first-order valence-corrected chi connectivity index (χ1v) is 7.82. The number of allylic oxidation sites excluding steroid dienone is 1. The van der Waals surface area contributed by atoms with E-state index >= 15 is 0 Å². The molecule has 0 saturated carbocycles. The molecular weight excluding hydrogens is 523 g/mol. The average molecular weight is 554 g/mol. The molecule has 1 atom stereocenters. The van der Waals surface area contributed by atoms with Gasteiger partial charge in [0.05, 0.1) is 0 Å². The number of rotatable bonds is 8. The van der Waals surface area contributed by atoms with Gasteiger partial charge in [0, 0.05) is 11.7 Å². The molecule has 0 aliphatic carbocycles. The standard InChI is InChI=1S/C17H27N.C2H4N.Rf/c1-5-9-16(17-10-7-6-8-11-17)13-12-15(4)18-14(2)3;1-2-3;/h6-8,10-11,14,16,18H,4-5,9,12-13H2,1-3H3;2-3H,1H2;/q;-1;. The van der Waals surface area contributed by atoms with Gasteiger partial charge in [0.15, 0.2) is 0 Å². The number of benzene rings is 1. The maximum Gasteiger partial charge on any atom is 0.0201 e. The van der Waals surface area contributed by atoms with Crippen LogP contribution >= 0.6 is 0 Å². The molecule has 0 aromatic heterocycles. The Bertz CT molecular complexity index is 388. The van der Waals surface area contributed by atoms with Crippen LogP contribution < -0.4 is 5.32 Å². The van der Waals surface area contributed by atoms with Gasteiger partial charge in [-0.3, -0.25) is 0 Å². The summed E-state index contributed by atoms with van der Waals surface area (Å²) >= 11 is 0. The van der Waals surface area contributed by atoms with Gasteiger partial charge in [0.25, 0.3) is 0 Å². The first kappa shape index (κ1) is 21.6. The summed E-state index contributed by atoms with van der Waals surface area (Å²) in [6.07, 6.45) is 5.76. The molecule has 0 bridgehead atoms. The predicted octanol–water partition coefficient (Wildman–Crippen LogP) is 6.04. The molecule has 0 saturated heterocycles. The van der Waals surface area contributed by atoms with Gasteiger partial charge in [-0.15, -0.1) is 6.58 Å². The van der Waals surface area contributed by atoms with Crippen molar-refractivity contribution in [1.82, 2.24) is 5.32 Å². The smallest absolute Gasteiger partial charge is 0.0201 e. The average Bonchev–Trinajstić information content (AvgIpc) is 2.44. The van der Waals surface area contributed by atoms with E-state index in [0.29, 0.717) is 12.0 Å². The van der Waals surface area contributed by atoms with Gasteiger partial charge in [-0.2, -0.15) is 6.20 Å². The van der Waals surface area contributed by atoms with Crippen LogP contribution in [0.3, 0.4) is 0 Å². The fourth-order valence-corrected chi connectivity index (χ4v) is 2.38. The van der Waals surface area contributed by atoms with Crippen molar-refractivity contribution in [2.45, 2.75) is 58.4 Å². The molecule has 1 aromatic carbocycles. The molecule has 22 heavy (non-hydrogen) atoms. The zero-order chi connectivity index (χ0) is 16.1. The minimum Gasteiger partial charge on any atom is -0.705 e. The van der Waals surface area contributed by atoms with E-state index in [1.807, 2.05) is 0 Å². The largest absolute Gasteiger partial charge is 0.705 e. The third-order valence-electron chi connectivity index (χ3n) is 3.20. The van der Waals surface area contributed by atoms with Gasteiger partial charge < -0.3 is 11.1 Å². The monoisotopic (exact) mass is 554 g/mol. The van der Waals surface area contributed by atoms with Crippen LogP contribution in [-0.2, 0) is 0 Å². The summed E-state index contributed by atoms with van der Waals surface area (Å²) < 4.78 is 0. The van der Waals surface area contributed by atoms with Gasteiger partial charge in [-0.05, 0) is 44.6 Å². The minimum atomic E-state index is 0. The normalized spacial score (nSPS) is 10.7. The summed E-state index contributed by atoms with van der Waals surface area (Å²) in [5, 5.41) is 3.40. The summed E-state index contributed by atoms with van der Waals surface area (Å²) in [6.45, 7) is 13.7. The molecule has 0 fully saturated rings. The third-order valence-corrected chi connectivity index (χ3v) is 3.20. The van der Waals surface area contributed by atoms with Crippen LogP contribution in [0.2, 0.25) is 0 Å². The molecule has 0 amide bonds. The minimum absolute atomic E-state index is 0. The second-order valence-corrected chi connectivity index (χ2v) is 5.54. The van der Waals surface area contributed by atoms with Crippen LogP contribution in [0.5, 0.6) is 0 Å². The maximum absolute atomic E-state index is 5.97. The van der Waals surface area contributed by atoms with Crippen molar-refractivity contribution in [3.8, 4) is 0 Å². The predicted molar refractivity (Wildman–Crippen MR) is 95.3 cm³/mol. The molecule has 1 unspecified atom stereocenters. The Morgan fingerprint density at radius 2 is 1.77 bits per heavy atom. The Morgan fingerprint density at radius 3 is 2.23 bits per heavy atom. The van der Waals surface area contributed by atoms with Crippen LogP contribution in [-0.4, -0.2) is 6.04 Å². The maximum atomic E-state index is 5.97. The van der Waals surface area contributed by atoms with Crippen molar-refractivity contribution in [2.24, 2.45) is 0 Å². The number of hydrogen-bond donors (Lipinski definition) is 1. The summed E-state index contributed by atoms with van der Waals surface area (Å²) in [5.74, 6) is 0.668. The molecule has 3 heteroatoms. The molecule has 2 nitrogen and oxygen atoms in total. The summed E-state index contributed by atoms with van der Waals surface area (Å²) in [5.41, 5.74) is 8.61. The zero-order valence-corrected chi connectivity index (χ0v) is 21.0. The van der Waals surface area contributed by atoms with Crippen molar-refractivity contribution in [2.75, 3.05) is 0 Å². The van der Waals surface area contributed by atoms with Crippen molar-refractivity contribution in [3.05, 3.63) is 66.7 Å². The van der Waals surface area contributed by atoms with Crippen molar-refractivity contribution >= 4 is 0 Å². The summed E-state index contributed by atoms with van der Waals surface area (Å²) in [4.78, 5) is 0. The van der Waals surface area contributed by atoms with Crippen LogP contribution in [0.1, 0.15) is 57.9 Å². The topological polar surface area (TPSA) is 35.8 Å². The van der Waals surface area contributed by atoms with E-state index in [9.17, 15) is 0 Å². The van der Waals surface area contributed by atoms with E-state index in [0.717, 1.165) is 12.6 Å². The molecule has 0 spiro atoms. The Labute approximate surface area is 131 Å². The number of nitrogens with one attached hydrogen (secondary N) is 2. The molecule has 1 aromatic rings. The van der Waals surface area contributed by atoms with Gasteiger partial charge >= 0.3 is 0 Å². The van der Waals surface area contributed by atoms with Crippen molar-refractivity contribution in [3.63, 3.8) is 0 Å². The van der Waals surface area contributed by atoms with Gasteiger partial charge in [0.1, 0.15) is 0 Å². The van der Waals surface area contributed by atoms with Crippen LogP contribution in [0, 0.1) is 0 Å². The molecule has 120 valence electrons. The Hall–Kier alpha value is -2.70. The van der Waals surface area contributed by atoms with Crippen molar-refractivity contribution in [1.29, 1.82) is 0 Å². The van der Waals surface area contributed by atoms with Gasteiger partial charge in [0.2, 0.25) is 0 Å². The second-order valence-electron chi connectivity index (χ2n) is 5.54. The van der Waals surface area contributed by atoms with E-state index in [4.69, 9.17) is 5.73 Å². The van der Waals surface area contributed by atoms with E-state index in [1.54, 1.807) is 0 Å². The Balaban J connectivity index is 0. The molecule has 0 aliphatic heterocycles. The molecule has 1 rings (SSSR count). The summed E-state index contributed by atoms with van der Waals surface area (Å²) in [7, 11) is 0. The Morgan fingerprint density at radius 1 is 1.23 bits per heavy atom. The second kappa shape index (κ2) is 13.3. The third kappa shape index (κ3) is 10.1. The first-order valence-electron chi connectivity index (χ1n) is 7.82. The van der Waals surface area contributed by atoms with E-state index in [2.05, 4.69) is 69.6 Å². The molecule has 0 radical (unpaired) electrons. The van der Waals surface area contributed by atoms with Crippen LogP contribution in [0.4, 0.5) is 0 Å². The van der Waals surface area contributed by atoms with Crippen LogP contribution in [0.25, 0.3) is 5.73 Å². The molecule has 0 aliphatic rings. The molecule has 2 N–H and O–H groups in total. The molecule has 0 heterocycles. The van der Waals surface area contributed by atoms with Gasteiger partial charge in [-0.1, -0.05) is 50.3 Å². The first-order chi connectivity index (χ1) is 10.0. The Kier molecular flexibility index (Phi) is 13.0. The molecular formula is C19H31N2Rf-. The fourth-order valence-electron chi connectivity index (χ4n) is 2.38. The van der Waals surface area contributed by atoms with Gasteiger partial charge in [-0.25, -0.2) is 0 Å².